The number of rotatable bonds is 7. The van der Waals surface area contributed by atoms with Crippen LogP contribution in [0.3, 0.4) is 0 Å². The SMILES string of the molecule is CC(=O)O[C@@H](COS(=O)(=O)c1ccc(C)cc1)Cn1cnc2c1c(=O)n(C)c(=O)n2C. The van der Waals surface area contributed by atoms with E-state index in [1.807, 2.05) is 6.92 Å². The predicted octanol–water partition coefficient (Wildman–Crippen LogP) is 0.0793. The quantitative estimate of drug-likeness (QED) is 0.365. The molecule has 2 heterocycles. The molecule has 0 saturated heterocycles. The predicted molar refractivity (Wildman–Crippen MR) is 110 cm³/mol. The summed E-state index contributed by atoms with van der Waals surface area (Å²) >= 11 is 0. The van der Waals surface area contributed by atoms with Gasteiger partial charge in [0.2, 0.25) is 0 Å². The number of aryl methyl sites for hydroxylation is 2. The van der Waals surface area contributed by atoms with Crippen LogP contribution in [0.25, 0.3) is 11.2 Å². The summed E-state index contributed by atoms with van der Waals surface area (Å²) in [6.07, 6.45) is 0.285. The first-order valence-electron chi connectivity index (χ1n) is 9.25. The molecule has 11 nitrogen and oxygen atoms in total. The van der Waals surface area contributed by atoms with Gasteiger partial charge in [-0.05, 0) is 19.1 Å². The summed E-state index contributed by atoms with van der Waals surface area (Å²) in [5.41, 5.74) is 0.0444. The third-order valence-corrected chi connectivity index (χ3v) is 5.96. The highest BCUT2D eigenvalue weighted by Gasteiger charge is 2.23. The number of benzene rings is 1. The molecule has 0 N–H and O–H groups in total. The minimum atomic E-state index is -4.08. The van der Waals surface area contributed by atoms with Crippen LogP contribution in [-0.2, 0) is 44.5 Å². The van der Waals surface area contributed by atoms with E-state index in [-0.39, 0.29) is 22.6 Å². The van der Waals surface area contributed by atoms with Gasteiger partial charge in [-0.25, -0.2) is 9.78 Å². The van der Waals surface area contributed by atoms with Crippen molar-refractivity contribution in [3.63, 3.8) is 0 Å². The Balaban J connectivity index is 1.89. The van der Waals surface area contributed by atoms with Gasteiger partial charge in [0.1, 0.15) is 12.7 Å². The molecule has 31 heavy (non-hydrogen) atoms. The van der Waals surface area contributed by atoms with Crippen molar-refractivity contribution in [2.45, 2.75) is 31.4 Å². The number of imidazole rings is 1. The zero-order valence-electron chi connectivity index (χ0n) is 17.4. The van der Waals surface area contributed by atoms with Crippen molar-refractivity contribution in [3.8, 4) is 0 Å². The maximum absolute atomic E-state index is 12.6. The lowest BCUT2D eigenvalue weighted by molar-refractivity contribution is -0.148. The highest BCUT2D eigenvalue weighted by Crippen LogP contribution is 2.15. The minimum absolute atomic E-state index is 0.0309. The zero-order chi connectivity index (χ0) is 22.9. The fourth-order valence-corrected chi connectivity index (χ4v) is 3.99. The second kappa shape index (κ2) is 8.47. The summed E-state index contributed by atoms with van der Waals surface area (Å²) in [5.74, 6) is -0.647. The molecule has 0 aliphatic rings. The first kappa shape index (κ1) is 22.4. The van der Waals surface area contributed by atoms with E-state index in [0.29, 0.717) is 0 Å². The Bertz CT molecular complexity index is 1350. The lowest BCUT2D eigenvalue weighted by atomic mass is 10.2. The summed E-state index contributed by atoms with van der Waals surface area (Å²) in [4.78, 5) is 40.2. The molecule has 12 heteroatoms. The number of nitrogens with zero attached hydrogens (tertiary/aromatic N) is 4. The highest BCUT2D eigenvalue weighted by atomic mass is 32.2. The number of ether oxygens (including phenoxy) is 1. The van der Waals surface area contributed by atoms with Gasteiger partial charge < -0.3 is 9.30 Å². The second-order valence-corrected chi connectivity index (χ2v) is 8.67. The molecular formula is C19H22N4O7S. The van der Waals surface area contributed by atoms with E-state index in [1.165, 1.54) is 48.6 Å². The lowest BCUT2D eigenvalue weighted by Crippen LogP contribution is -2.38. The minimum Gasteiger partial charge on any atom is -0.458 e. The molecule has 0 aliphatic carbocycles. The number of esters is 1. The van der Waals surface area contributed by atoms with Crippen LogP contribution in [0.15, 0.2) is 45.1 Å². The second-order valence-electron chi connectivity index (χ2n) is 7.06. The van der Waals surface area contributed by atoms with E-state index >= 15 is 0 Å². The Morgan fingerprint density at radius 1 is 1.13 bits per heavy atom. The van der Waals surface area contributed by atoms with Gasteiger partial charge in [0, 0.05) is 21.0 Å². The summed E-state index contributed by atoms with van der Waals surface area (Å²) in [5, 5.41) is 0. The smallest absolute Gasteiger partial charge is 0.332 e. The van der Waals surface area contributed by atoms with Crippen LogP contribution in [0.4, 0.5) is 0 Å². The summed E-state index contributed by atoms with van der Waals surface area (Å²) in [6.45, 7) is 2.42. The number of aromatic nitrogens is 4. The molecule has 0 amide bonds. The fourth-order valence-electron chi connectivity index (χ4n) is 3.05. The molecule has 166 valence electrons. The molecule has 3 aromatic rings. The standard InChI is InChI=1S/C19H22N4O7S/c1-12-5-7-15(8-6-12)31(27,28)29-10-14(30-13(2)24)9-23-11-20-17-16(23)18(25)22(4)19(26)21(17)3/h5-8,11,14H,9-10H2,1-4H3/t14-/m1/s1. The maximum Gasteiger partial charge on any atom is 0.332 e. The Hall–Kier alpha value is -3.25. The molecule has 0 radical (unpaired) electrons. The molecule has 1 aromatic carbocycles. The van der Waals surface area contributed by atoms with Crippen LogP contribution in [-0.4, -0.2) is 45.8 Å². The Morgan fingerprint density at radius 3 is 2.39 bits per heavy atom. The van der Waals surface area contributed by atoms with Crippen molar-refractivity contribution in [3.05, 3.63) is 57.0 Å². The van der Waals surface area contributed by atoms with Crippen LogP contribution in [0, 0.1) is 6.92 Å². The third kappa shape index (κ3) is 4.59. The molecule has 3 rings (SSSR count). The maximum atomic E-state index is 12.6. The van der Waals surface area contributed by atoms with Crippen LogP contribution < -0.4 is 11.2 Å². The van der Waals surface area contributed by atoms with Crippen molar-refractivity contribution in [1.82, 2.24) is 18.7 Å². The Kier molecular flexibility index (Phi) is 6.13. The van der Waals surface area contributed by atoms with Gasteiger partial charge in [-0.15, -0.1) is 0 Å². The average molecular weight is 450 g/mol. The van der Waals surface area contributed by atoms with E-state index in [9.17, 15) is 22.8 Å². The first-order valence-corrected chi connectivity index (χ1v) is 10.7. The van der Waals surface area contributed by atoms with Gasteiger partial charge >= 0.3 is 11.7 Å². The largest absolute Gasteiger partial charge is 0.458 e. The van der Waals surface area contributed by atoms with E-state index in [0.717, 1.165) is 10.1 Å². The molecule has 0 fully saturated rings. The number of carbonyl (C=O) groups excluding carboxylic acids is 1. The molecule has 0 unspecified atom stereocenters. The van der Waals surface area contributed by atoms with E-state index in [4.69, 9.17) is 8.92 Å². The van der Waals surface area contributed by atoms with E-state index in [2.05, 4.69) is 4.98 Å². The van der Waals surface area contributed by atoms with Crippen molar-refractivity contribution in [2.75, 3.05) is 6.61 Å². The molecule has 0 bridgehead atoms. The molecule has 2 aromatic heterocycles. The Labute approximate surface area is 177 Å². The van der Waals surface area contributed by atoms with Crippen LogP contribution in [0.5, 0.6) is 0 Å². The van der Waals surface area contributed by atoms with Gasteiger partial charge in [0.25, 0.3) is 15.7 Å². The molecule has 0 saturated carbocycles. The third-order valence-electron chi connectivity index (χ3n) is 4.67. The number of fused-ring (bicyclic) bond motifs is 1. The normalized spacial score (nSPS) is 12.8. The Morgan fingerprint density at radius 2 is 1.77 bits per heavy atom. The van der Waals surface area contributed by atoms with Gasteiger partial charge in [0.15, 0.2) is 11.2 Å². The summed E-state index contributed by atoms with van der Waals surface area (Å²) in [6, 6.07) is 6.10. The van der Waals surface area contributed by atoms with Crippen LogP contribution >= 0.6 is 0 Å². The van der Waals surface area contributed by atoms with E-state index in [1.54, 1.807) is 12.1 Å². The number of hydrogen-bond donors (Lipinski definition) is 0. The van der Waals surface area contributed by atoms with Crippen LogP contribution in [0.1, 0.15) is 12.5 Å². The number of hydrogen-bond acceptors (Lipinski definition) is 8. The zero-order valence-corrected chi connectivity index (χ0v) is 18.2. The van der Waals surface area contributed by atoms with Gasteiger partial charge in [-0.1, -0.05) is 17.7 Å². The number of carbonyl (C=O) groups is 1. The fraction of sp³-hybridized carbons (Fsp3) is 0.368. The van der Waals surface area contributed by atoms with Crippen LogP contribution in [0.2, 0.25) is 0 Å². The average Bonchev–Trinajstić information content (AvgIpc) is 3.12. The molecule has 0 aliphatic heterocycles. The molecule has 0 spiro atoms. The highest BCUT2D eigenvalue weighted by molar-refractivity contribution is 7.86. The van der Waals surface area contributed by atoms with Crippen molar-refractivity contribution in [2.24, 2.45) is 14.1 Å². The topological polar surface area (TPSA) is 131 Å². The van der Waals surface area contributed by atoms with Crippen molar-refractivity contribution >= 4 is 27.3 Å². The summed E-state index contributed by atoms with van der Waals surface area (Å²) < 4.78 is 38.7. The molecule has 1 atom stereocenters. The van der Waals surface area contributed by atoms with Gasteiger partial charge in [0.05, 0.1) is 17.8 Å². The summed E-state index contributed by atoms with van der Waals surface area (Å²) in [7, 11) is -1.27. The monoisotopic (exact) mass is 450 g/mol. The lowest BCUT2D eigenvalue weighted by Gasteiger charge is -2.18. The van der Waals surface area contributed by atoms with Crippen molar-refractivity contribution in [1.29, 1.82) is 0 Å². The first-order chi connectivity index (χ1) is 14.5. The molecular weight excluding hydrogens is 428 g/mol. The van der Waals surface area contributed by atoms with Crippen molar-refractivity contribution < 1.29 is 22.1 Å². The van der Waals surface area contributed by atoms with Gasteiger partial charge in [-0.3, -0.25) is 22.9 Å². The van der Waals surface area contributed by atoms with Gasteiger partial charge in [-0.2, -0.15) is 8.42 Å². The van der Waals surface area contributed by atoms with E-state index < -0.39 is 40.0 Å².